The fourth-order valence-corrected chi connectivity index (χ4v) is 3.02. The van der Waals surface area contributed by atoms with E-state index in [1.54, 1.807) is 4.90 Å². The summed E-state index contributed by atoms with van der Waals surface area (Å²) in [6.07, 6.45) is 4.25. The third-order valence-corrected chi connectivity index (χ3v) is 4.04. The van der Waals surface area contributed by atoms with Crippen molar-refractivity contribution in [2.24, 2.45) is 0 Å². The molecule has 0 aliphatic carbocycles. The van der Waals surface area contributed by atoms with Gasteiger partial charge in [0, 0.05) is 13.0 Å². The van der Waals surface area contributed by atoms with Gasteiger partial charge in [0.05, 0.1) is 19.3 Å². The van der Waals surface area contributed by atoms with Crippen molar-refractivity contribution in [2.75, 3.05) is 19.6 Å². The number of alkyl carbamates (subject to hydrolysis) is 1. The Kier molecular flexibility index (Phi) is 3.57. The Morgan fingerprint density at radius 1 is 1.57 bits per heavy atom. The van der Waals surface area contributed by atoms with Gasteiger partial charge in [-0.15, -0.1) is 0 Å². The molecule has 2 aliphatic heterocycles. The van der Waals surface area contributed by atoms with E-state index in [1.165, 1.54) is 6.20 Å². The van der Waals surface area contributed by atoms with Crippen molar-refractivity contribution < 1.29 is 18.8 Å². The summed E-state index contributed by atoms with van der Waals surface area (Å²) in [7, 11) is 0. The third kappa shape index (κ3) is 2.59. The van der Waals surface area contributed by atoms with Gasteiger partial charge in [-0.2, -0.15) is 0 Å². The van der Waals surface area contributed by atoms with Gasteiger partial charge < -0.3 is 19.5 Å². The zero-order chi connectivity index (χ0) is 14.9. The maximum Gasteiger partial charge on any atom is 0.407 e. The molecule has 2 fully saturated rings. The molecule has 1 aromatic heterocycles. The van der Waals surface area contributed by atoms with Gasteiger partial charge in [-0.1, -0.05) is 12.1 Å². The predicted molar refractivity (Wildman–Crippen MR) is 72.9 cm³/mol. The lowest BCUT2D eigenvalue weighted by Crippen LogP contribution is -2.52. The number of aryl methyl sites for hydroxylation is 1. The Balaban J connectivity index is 1.75. The van der Waals surface area contributed by atoms with E-state index in [0.717, 1.165) is 19.3 Å². The topological polar surface area (TPSA) is 84.7 Å². The first kappa shape index (κ1) is 13.9. The lowest BCUT2D eigenvalue weighted by atomic mass is 9.92. The highest BCUT2D eigenvalue weighted by Crippen LogP contribution is 2.29. The minimum absolute atomic E-state index is 0.0956. The van der Waals surface area contributed by atoms with Crippen LogP contribution in [0.4, 0.5) is 4.79 Å². The standard InChI is InChI=1S/C14H19N3O4/c1-2-4-11-10(7-16-21-11)12(18)17-6-3-5-14(9-17)8-15-13(19)20-14/h7H,2-6,8-9H2,1H3,(H,15,19)/t14-/m0/s1. The van der Waals surface area contributed by atoms with Gasteiger partial charge in [0.15, 0.2) is 0 Å². The third-order valence-electron chi connectivity index (χ3n) is 4.04. The number of piperidine rings is 1. The van der Waals surface area contributed by atoms with Crippen LogP contribution in [0.1, 0.15) is 42.3 Å². The van der Waals surface area contributed by atoms with E-state index in [-0.39, 0.29) is 5.91 Å². The number of hydrogen-bond donors (Lipinski definition) is 1. The average Bonchev–Trinajstić information content (AvgIpc) is 3.06. The Labute approximate surface area is 122 Å². The minimum Gasteiger partial charge on any atom is -0.439 e. The van der Waals surface area contributed by atoms with Crippen LogP contribution >= 0.6 is 0 Å². The molecule has 3 heterocycles. The average molecular weight is 293 g/mol. The summed E-state index contributed by atoms with van der Waals surface area (Å²) >= 11 is 0. The largest absolute Gasteiger partial charge is 0.439 e. The lowest BCUT2D eigenvalue weighted by molar-refractivity contribution is -0.00512. The quantitative estimate of drug-likeness (QED) is 0.909. The highest BCUT2D eigenvalue weighted by atomic mass is 16.6. The maximum atomic E-state index is 12.6. The van der Waals surface area contributed by atoms with Crippen molar-refractivity contribution in [3.05, 3.63) is 17.5 Å². The summed E-state index contributed by atoms with van der Waals surface area (Å²) in [6.45, 7) is 3.56. The van der Waals surface area contributed by atoms with Crippen LogP contribution < -0.4 is 5.32 Å². The number of carbonyl (C=O) groups is 2. The van der Waals surface area contributed by atoms with E-state index in [2.05, 4.69) is 10.5 Å². The molecule has 1 N–H and O–H groups in total. The first-order valence-corrected chi connectivity index (χ1v) is 7.33. The van der Waals surface area contributed by atoms with Gasteiger partial charge in [0.2, 0.25) is 0 Å². The van der Waals surface area contributed by atoms with Crippen LogP contribution in [0, 0.1) is 0 Å². The van der Waals surface area contributed by atoms with Crippen molar-refractivity contribution in [3.8, 4) is 0 Å². The van der Waals surface area contributed by atoms with E-state index < -0.39 is 11.7 Å². The van der Waals surface area contributed by atoms with Crippen LogP contribution in [0.15, 0.2) is 10.7 Å². The summed E-state index contributed by atoms with van der Waals surface area (Å²) in [5, 5.41) is 6.41. The Morgan fingerprint density at radius 3 is 3.14 bits per heavy atom. The molecule has 0 unspecified atom stereocenters. The van der Waals surface area contributed by atoms with Crippen LogP contribution in [-0.4, -0.2) is 47.3 Å². The Morgan fingerprint density at radius 2 is 2.43 bits per heavy atom. The fourth-order valence-electron chi connectivity index (χ4n) is 3.02. The molecule has 114 valence electrons. The second-order valence-electron chi connectivity index (χ2n) is 5.67. The zero-order valence-corrected chi connectivity index (χ0v) is 12.1. The maximum absolute atomic E-state index is 12.6. The van der Waals surface area contributed by atoms with Gasteiger partial charge >= 0.3 is 6.09 Å². The lowest BCUT2D eigenvalue weighted by Gasteiger charge is -2.38. The normalized spacial score (nSPS) is 25.0. The van der Waals surface area contributed by atoms with Crippen LogP contribution in [0.3, 0.4) is 0 Å². The van der Waals surface area contributed by atoms with Crippen molar-refractivity contribution in [1.82, 2.24) is 15.4 Å². The smallest absolute Gasteiger partial charge is 0.407 e. The highest BCUT2D eigenvalue weighted by Gasteiger charge is 2.45. The summed E-state index contributed by atoms with van der Waals surface area (Å²) in [4.78, 5) is 25.7. The number of hydrogen-bond acceptors (Lipinski definition) is 5. The number of carbonyl (C=O) groups excluding carboxylic acids is 2. The number of amides is 2. The number of rotatable bonds is 3. The molecule has 2 amide bonds. The fraction of sp³-hybridized carbons (Fsp3) is 0.643. The number of aromatic nitrogens is 1. The molecule has 2 saturated heterocycles. The molecular formula is C14H19N3O4. The molecule has 0 aromatic carbocycles. The van der Waals surface area contributed by atoms with E-state index in [1.807, 2.05) is 6.92 Å². The van der Waals surface area contributed by atoms with Gasteiger partial charge in [0.1, 0.15) is 16.9 Å². The van der Waals surface area contributed by atoms with Gasteiger partial charge in [-0.25, -0.2) is 4.79 Å². The molecule has 1 aromatic rings. The van der Waals surface area contributed by atoms with E-state index in [9.17, 15) is 9.59 Å². The van der Waals surface area contributed by atoms with Crippen molar-refractivity contribution >= 4 is 12.0 Å². The van der Waals surface area contributed by atoms with E-state index >= 15 is 0 Å². The molecule has 7 heteroatoms. The Bertz CT molecular complexity index is 556. The number of ether oxygens (including phenoxy) is 1. The van der Waals surface area contributed by atoms with Crippen LogP contribution in [0.25, 0.3) is 0 Å². The molecule has 0 radical (unpaired) electrons. The Hall–Kier alpha value is -2.05. The molecular weight excluding hydrogens is 274 g/mol. The summed E-state index contributed by atoms with van der Waals surface area (Å²) in [5.41, 5.74) is -0.0567. The second-order valence-corrected chi connectivity index (χ2v) is 5.67. The number of nitrogens with zero attached hydrogens (tertiary/aromatic N) is 2. The molecule has 0 bridgehead atoms. The van der Waals surface area contributed by atoms with Gasteiger partial charge in [-0.05, 0) is 19.3 Å². The molecule has 2 aliphatic rings. The summed E-state index contributed by atoms with van der Waals surface area (Å²) in [5.74, 6) is 0.533. The number of nitrogens with one attached hydrogen (secondary N) is 1. The van der Waals surface area contributed by atoms with Crippen molar-refractivity contribution in [1.29, 1.82) is 0 Å². The molecule has 7 nitrogen and oxygen atoms in total. The van der Waals surface area contributed by atoms with E-state index in [4.69, 9.17) is 9.26 Å². The van der Waals surface area contributed by atoms with Crippen molar-refractivity contribution in [2.45, 2.75) is 38.2 Å². The number of likely N-dealkylation sites (tertiary alicyclic amines) is 1. The zero-order valence-electron chi connectivity index (χ0n) is 12.1. The first-order chi connectivity index (χ1) is 10.1. The molecule has 0 saturated carbocycles. The van der Waals surface area contributed by atoms with Crippen LogP contribution in [-0.2, 0) is 11.2 Å². The monoisotopic (exact) mass is 293 g/mol. The first-order valence-electron chi connectivity index (χ1n) is 7.33. The predicted octanol–water partition coefficient (Wildman–Crippen LogP) is 1.34. The minimum atomic E-state index is -0.576. The van der Waals surface area contributed by atoms with E-state index in [0.29, 0.717) is 37.4 Å². The molecule has 3 rings (SSSR count). The highest BCUT2D eigenvalue weighted by molar-refractivity contribution is 5.95. The van der Waals surface area contributed by atoms with Crippen LogP contribution in [0.5, 0.6) is 0 Å². The van der Waals surface area contributed by atoms with Crippen molar-refractivity contribution in [3.63, 3.8) is 0 Å². The summed E-state index contributed by atoms with van der Waals surface area (Å²) < 4.78 is 10.5. The molecule has 1 spiro atoms. The SMILES string of the molecule is CCCc1oncc1C(=O)N1CCC[C@]2(CNC(=O)O2)C1. The second kappa shape index (κ2) is 5.38. The van der Waals surface area contributed by atoms with Crippen LogP contribution in [0.2, 0.25) is 0 Å². The van der Waals surface area contributed by atoms with Gasteiger partial charge in [-0.3, -0.25) is 4.79 Å². The summed E-state index contributed by atoms with van der Waals surface area (Å²) in [6, 6.07) is 0. The van der Waals surface area contributed by atoms with Gasteiger partial charge in [0.25, 0.3) is 5.91 Å². The molecule has 21 heavy (non-hydrogen) atoms. The molecule has 1 atom stereocenters.